The zero-order valence-corrected chi connectivity index (χ0v) is 14.6. The smallest absolute Gasteiger partial charge is 0.253 e. The Kier molecular flexibility index (Phi) is 3.74. The molecule has 0 spiro atoms. The minimum atomic E-state index is -0.106. The van der Waals surface area contributed by atoms with Crippen LogP contribution in [0.1, 0.15) is 48.3 Å². The van der Waals surface area contributed by atoms with Gasteiger partial charge in [-0.2, -0.15) is 5.10 Å². The molecule has 0 radical (unpaired) electrons. The van der Waals surface area contributed by atoms with Crippen molar-refractivity contribution in [1.29, 1.82) is 0 Å². The molecular formula is C17H21N7O. The third-order valence-electron chi connectivity index (χ3n) is 4.65. The molecule has 0 fully saturated rings. The number of hydrogen-bond donors (Lipinski definition) is 1. The summed E-state index contributed by atoms with van der Waals surface area (Å²) in [7, 11) is 0. The molecule has 8 nitrogen and oxygen atoms in total. The Morgan fingerprint density at radius 2 is 2.16 bits per heavy atom. The third kappa shape index (κ3) is 2.77. The second kappa shape index (κ2) is 5.94. The Morgan fingerprint density at radius 3 is 2.96 bits per heavy atom. The lowest BCUT2D eigenvalue weighted by atomic mass is 10.1. The number of fused-ring (bicyclic) bond motifs is 2. The van der Waals surface area contributed by atoms with Crippen molar-refractivity contribution < 1.29 is 4.79 Å². The summed E-state index contributed by atoms with van der Waals surface area (Å²) < 4.78 is 3.93. The average molecular weight is 339 g/mol. The molecule has 3 aromatic rings. The summed E-state index contributed by atoms with van der Waals surface area (Å²) in [5.41, 5.74) is 1.36. The second-order valence-corrected chi connectivity index (χ2v) is 6.80. The van der Waals surface area contributed by atoms with Gasteiger partial charge in [0.15, 0.2) is 5.65 Å². The maximum absolute atomic E-state index is 12.6. The van der Waals surface area contributed by atoms with E-state index < -0.39 is 0 Å². The quantitative estimate of drug-likeness (QED) is 0.784. The number of hydrogen-bond acceptors (Lipinski definition) is 5. The number of nitrogens with zero attached hydrogens (tertiary/aromatic N) is 6. The zero-order chi connectivity index (χ0) is 17.6. The number of nitrogens with one attached hydrogen (secondary N) is 1. The van der Waals surface area contributed by atoms with Crippen LogP contribution >= 0.6 is 0 Å². The fourth-order valence-corrected chi connectivity index (χ4v) is 3.29. The van der Waals surface area contributed by atoms with Crippen molar-refractivity contribution in [3.8, 4) is 0 Å². The summed E-state index contributed by atoms with van der Waals surface area (Å²) in [4.78, 5) is 17.0. The van der Waals surface area contributed by atoms with E-state index in [2.05, 4.69) is 44.0 Å². The van der Waals surface area contributed by atoms with Crippen LogP contribution in [0.4, 0.5) is 0 Å². The third-order valence-corrected chi connectivity index (χ3v) is 4.65. The summed E-state index contributed by atoms with van der Waals surface area (Å²) in [6.07, 6.45) is 5.07. The zero-order valence-electron chi connectivity index (χ0n) is 14.6. The van der Waals surface area contributed by atoms with Gasteiger partial charge < -0.3 is 9.88 Å². The molecule has 130 valence electrons. The van der Waals surface area contributed by atoms with Crippen LogP contribution in [-0.2, 0) is 13.0 Å². The molecule has 8 heteroatoms. The van der Waals surface area contributed by atoms with Crippen LogP contribution in [0.15, 0.2) is 18.5 Å². The largest absolute Gasteiger partial charge is 0.347 e. The molecule has 0 bridgehead atoms. The van der Waals surface area contributed by atoms with E-state index in [-0.39, 0.29) is 18.0 Å². The molecule has 1 atom stereocenters. The van der Waals surface area contributed by atoms with E-state index in [1.165, 1.54) is 0 Å². The molecule has 4 rings (SSSR count). The molecule has 3 aromatic heterocycles. The first kappa shape index (κ1) is 15.7. The molecule has 1 N–H and O–H groups in total. The van der Waals surface area contributed by atoms with E-state index in [9.17, 15) is 4.79 Å². The Balaban J connectivity index is 1.52. The number of carbonyl (C=O) groups is 1. The van der Waals surface area contributed by atoms with Crippen LogP contribution in [0.2, 0.25) is 0 Å². The van der Waals surface area contributed by atoms with Crippen LogP contribution in [0.25, 0.3) is 11.0 Å². The number of aryl methyl sites for hydroxylation is 2. The van der Waals surface area contributed by atoms with Crippen molar-refractivity contribution >= 4 is 16.9 Å². The highest BCUT2D eigenvalue weighted by Gasteiger charge is 2.23. The number of rotatable bonds is 3. The number of carbonyl (C=O) groups excluding carboxylic acids is 1. The number of amides is 1. The van der Waals surface area contributed by atoms with Gasteiger partial charge in [-0.15, -0.1) is 10.2 Å². The Morgan fingerprint density at radius 1 is 1.32 bits per heavy atom. The molecule has 0 aromatic carbocycles. The van der Waals surface area contributed by atoms with E-state index in [0.29, 0.717) is 12.1 Å². The van der Waals surface area contributed by atoms with Crippen LogP contribution in [0, 0.1) is 6.92 Å². The lowest BCUT2D eigenvalue weighted by molar-refractivity contribution is 0.0927. The van der Waals surface area contributed by atoms with Crippen LogP contribution in [0.5, 0.6) is 0 Å². The standard InChI is InChI=1S/C17H21N7O/c1-10(2)24-16-12(8-19-24)6-13(7-18-16)17(25)20-14-4-5-15-22-21-11(3)23(15)9-14/h6-8,10,14H,4-5,9H2,1-3H3,(H,20,25)/t14-/m0/s1. The summed E-state index contributed by atoms with van der Waals surface area (Å²) >= 11 is 0. The fraction of sp³-hybridized carbons (Fsp3) is 0.471. The van der Waals surface area contributed by atoms with Gasteiger partial charge in [-0.05, 0) is 33.3 Å². The minimum Gasteiger partial charge on any atom is -0.347 e. The normalized spacial score (nSPS) is 17.0. The van der Waals surface area contributed by atoms with Gasteiger partial charge >= 0.3 is 0 Å². The molecule has 1 amide bonds. The van der Waals surface area contributed by atoms with E-state index in [0.717, 1.165) is 35.5 Å². The lowest BCUT2D eigenvalue weighted by Crippen LogP contribution is -2.41. The summed E-state index contributed by atoms with van der Waals surface area (Å²) in [5.74, 6) is 1.77. The first-order valence-corrected chi connectivity index (χ1v) is 8.55. The van der Waals surface area contributed by atoms with Gasteiger partial charge in [0, 0.05) is 36.6 Å². The maximum atomic E-state index is 12.6. The predicted octanol–water partition coefficient (Wildman–Crippen LogP) is 1.66. The molecule has 1 aliphatic heterocycles. The van der Waals surface area contributed by atoms with E-state index in [4.69, 9.17) is 0 Å². The number of pyridine rings is 1. The Hall–Kier alpha value is -2.77. The van der Waals surface area contributed by atoms with Gasteiger partial charge in [0.25, 0.3) is 5.91 Å². The van der Waals surface area contributed by atoms with Gasteiger partial charge in [0.1, 0.15) is 11.6 Å². The average Bonchev–Trinajstić information content (AvgIpc) is 3.18. The van der Waals surface area contributed by atoms with Gasteiger partial charge in [0.2, 0.25) is 0 Å². The monoisotopic (exact) mass is 339 g/mol. The highest BCUT2D eigenvalue weighted by atomic mass is 16.1. The summed E-state index contributed by atoms with van der Waals surface area (Å²) in [5, 5.41) is 16.6. The van der Waals surface area contributed by atoms with Gasteiger partial charge in [0.05, 0.1) is 11.8 Å². The first-order chi connectivity index (χ1) is 12.0. The molecule has 4 heterocycles. The Labute approximate surface area is 145 Å². The molecule has 1 aliphatic rings. The van der Waals surface area contributed by atoms with Crippen molar-refractivity contribution in [2.24, 2.45) is 0 Å². The van der Waals surface area contributed by atoms with Crippen molar-refractivity contribution in [2.75, 3.05) is 0 Å². The summed E-state index contributed by atoms with van der Waals surface area (Å²) in [6.45, 7) is 6.75. The predicted molar refractivity (Wildman–Crippen MR) is 92.2 cm³/mol. The van der Waals surface area contributed by atoms with Crippen molar-refractivity contribution in [3.63, 3.8) is 0 Å². The minimum absolute atomic E-state index is 0.0729. The van der Waals surface area contributed by atoms with Crippen LogP contribution in [0.3, 0.4) is 0 Å². The highest BCUT2D eigenvalue weighted by molar-refractivity contribution is 5.97. The fourth-order valence-electron chi connectivity index (χ4n) is 3.29. The highest BCUT2D eigenvalue weighted by Crippen LogP contribution is 2.18. The molecule has 0 unspecified atom stereocenters. The Bertz CT molecular complexity index is 940. The molecular weight excluding hydrogens is 318 g/mol. The molecule has 0 aliphatic carbocycles. The molecule has 0 saturated heterocycles. The van der Waals surface area contributed by atoms with Crippen molar-refractivity contribution in [1.82, 2.24) is 34.8 Å². The second-order valence-electron chi connectivity index (χ2n) is 6.80. The maximum Gasteiger partial charge on any atom is 0.253 e. The van der Waals surface area contributed by atoms with E-state index in [1.54, 1.807) is 12.4 Å². The van der Waals surface area contributed by atoms with Gasteiger partial charge in [-0.1, -0.05) is 0 Å². The SMILES string of the molecule is Cc1nnc2n1C[C@@H](NC(=O)c1cnc3c(cnn3C(C)C)c1)CC2. The van der Waals surface area contributed by atoms with E-state index in [1.807, 2.05) is 17.7 Å². The van der Waals surface area contributed by atoms with E-state index >= 15 is 0 Å². The van der Waals surface area contributed by atoms with Crippen molar-refractivity contribution in [2.45, 2.75) is 52.2 Å². The van der Waals surface area contributed by atoms with Gasteiger partial charge in [-0.3, -0.25) is 4.79 Å². The lowest BCUT2D eigenvalue weighted by Gasteiger charge is -2.24. The summed E-state index contributed by atoms with van der Waals surface area (Å²) in [6, 6.07) is 2.15. The first-order valence-electron chi connectivity index (χ1n) is 8.55. The van der Waals surface area contributed by atoms with Gasteiger partial charge in [-0.25, -0.2) is 9.67 Å². The molecule has 0 saturated carbocycles. The van der Waals surface area contributed by atoms with Crippen LogP contribution in [-0.4, -0.2) is 41.5 Å². The topological polar surface area (TPSA) is 90.5 Å². The molecule has 25 heavy (non-hydrogen) atoms. The van der Waals surface area contributed by atoms with Crippen molar-refractivity contribution in [3.05, 3.63) is 35.7 Å². The number of aromatic nitrogens is 6. The van der Waals surface area contributed by atoms with Crippen LogP contribution < -0.4 is 5.32 Å².